The van der Waals surface area contributed by atoms with Gasteiger partial charge in [-0.2, -0.15) is 22.7 Å². The molecule has 0 spiro atoms. The number of benzene rings is 1. The minimum atomic E-state index is -4.87. The summed E-state index contributed by atoms with van der Waals surface area (Å²) in [6.07, 6.45) is -3.14. The summed E-state index contributed by atoms with van der Waals surface area (Å²) < 4.78 is 66.2. The molecule has 3 rings (SSSR count). The van der Waals surface area contributed by atoms with E-state index in [4.69, 9.17) is 0 Å². The third-order valence-corrected chi connectivity index (χ3v) is 7.87. The van der Waals surface area contributed by atoms with E-state index >= 15 is 0 Å². The number of rotatable bonds is 5. The fraction of sp³-hybridized carbons (Fsp3) is 0.632. The molecule has 6 nitrogen and oxygen atoms in total. The van der Waals surface area contributed by atoms with Crippen LogP contribution in [-0.4, -0.2) is 61.1 Å². The van der Waals surface area contributed by atoms with Crippen molar-refractivity contribution in [3.63, 3.8) is 0 Å². The van der Waals surface area contributed by atoms with Gasteiger partial charge >= 0.3 is 6.18 Å². The van der Waals surface area contributed by atoms with Crippen molar-refractivity contribution in [3.05, 3.63) is 29.8 Å². The Morgan fingerprint density at radius 2 is 1.83 bits per heavy atom. The molecule has 1 aromatic rings. The van der Waals surface area contributed by atoms with Gasteiger partial charge in [-0.15, -0.1) is 0 Å². The average Bonchev–Trinajstić information content (AvgIpc) is 3.40. The minimum absolute atomic E-state index is 0.116. The van der Waals surface area contributed by atoms with E-state index in [1.54, 1.807) is 6.92 Å². The maximum absolute atomic E-state index is 13.0. The van der Waals surface area contributed by atoms with Crippen LogP contribution >= 0.6 is 0 Å². The molecule has 1 saturated carbocycles. The lowest BCUT2D eigenvalue weighted by molar-refractivity contribution is -0.258. The quantitative estimate of drug-likeness (QED) is 0.774. The Hall–Kier alpha value is -1.67. The predicted octanol–water partition coefficient (Wildman–Crippen LogP) is 2.45. The summed E-state index contributed by atoms with van der Waals surface area (Å²) in [7, 11) is -3.89. The summed E-state index contributed by atoms with van der Waals surface area (Å²) in [5.74, 6) is 0. The van der Waals surface area contributed by atoms with Crippen LogP contribution in [0.2, 0.25) is 0 Å². The number of hydrogen-bond acceptors (Lipinski definition) is 5. The summed E-state index contributed by atoms with van der Waals surface area (Å²) in [5.41, 5.74) is -3.78. The van der Waals surface area contributed by atoms with Crippen LogP contribution in [0.1, 0.15) is 32.3 Å². The van der Waals surface area contributed by atoms with Gasteiger partial charge in [-0.05, 0) is 44.4 Å². The lowest BCUT2D eigenvalue weighted by Gasteiger charge is -2.39. The molecule has 2 atom stereocenters. The molecule has 0 amide bonds. The maximum atomic E-state index is 13.0. The van der Waals surface area contributed by atoms with E-state index in [2.05, 4.69) is 11.0 Å². The first-order valence-electron chi connectivity index (χ1n) is 9.37. The van der Waals surface area contributed by atoms with Crippen molar-refractivity contribution in [2.75, 3.05) is 26.2 Å². The highest BCUT2D eigenvalue weighted by Gasteiger charge is 2.51. The average molecular weight is 431 g/mol. The van der Waals surface area contributed by atoms with Gasteiger partial charge in [0.2, 0.25) is 10.0 Å². The van der Waals surface area contributed by atoms with E-state index in [-0.39, 0.29) is 22.9 Å². The molecule has 2 aliphatic rings. The van der Waals surface area contributed by atoms with E-state index in [0.29, 0.717) is 26.6 Å². The Kier molecular flexibility index (Phi) is 5.49. The largest absolute Gasteiger partial charge is 0.421 e. The number of aliphatic hydroxyl groups is 1. The third-order valence-electron chi connectivity index (χ3n) is 5.84. The molecule has 1 aliphatic carbocycles. The molecule has 1 saturated heterocycles. The van der Waals surface area contributed by atoms with E-state index in [9.17, 15) is 32.0 Å². The second kappa shape index (κ2) is 7.23. The van der Waals surface area contributed by atoms with Crippen LogP contribution in [0.5, 0.6) is 0 Å². The number of halogens is 3. The van der Waals surface area contributed by atoms with Crippen LogP contribution in [0.4, 0.5) is 13.2 Å². The van der Waals surface area contributed by atoms with E-state index in [0.717, 1.165) is 37.1 Å². The number of alkyl halides is 3. The van der Waals surface area contributed by atoms with E-state index in [1.807, 2.05) is 0 Å². The third kappa shape index (κ3) is 4.14. The molecule has 29 heavy (non-hydrogen) atoms. The molecule has 1 N–H and O–H groups in total. The molecule has 2 fully saturated rings. The number of hydrogen-bond donors (Lipinski definition) is 1. The number of sulfonamides is 1. The van der Waals surface area contributed by atoms with Crippen molar-refractivity contribution < 1.29 is 26.7 Å². The molecule has 1 aliphatic heterocycles. The number of piperazine rings is 1. The molecule has 10 heteroatoms. The number of nitriles is 1. The second-order valence-electron chi connectivity index (χ2n) is 8.19. The first kappa shape index (κ1) is 22.0. The summed E-state index contributed by atoms with van der Waals surface area (Å²) in [6, 6.07) is 6.18. The van der Waals surface area contributed by atoms with Crippen molar-refractivity contribution in [1.29, 1.82) is 5.26 Å². The Morgan fingerprint density at radius 1 is 1.24 bits per heavy atom. The standard InChI is InChI=1S/C19H24F3N3O3S/c1-14-11-24(13-18(12-23)7-8-18)9-10-25(14)29(27,28)16-5-3-15(4-6-16)17(2,26)19(20,21)22/h3-6,14,26H,7-11,13H2,1-2H3/t14-,17+/m1/s1. The van der Waals surface area contributed by atoms with Crippen molar-refractivity contribution in [3.8, 4) is 6.07 Å². The zero-order valence-corrected chi connectivity index (χ0v) is 17.1. The summed E-state index contributed by atoms with van der Waals surface area (Å²) in [5, 5.41) is 19.0. The zero-order valence-electron chi connectivity index (χ0n) is 16.3. The Labute approximate surface area is 168 Å². The van der Waals surface area contributed by atoms with Gasteiger partial charge in [0, 0.05) is 32.2 Å². The molecule has 0 bridgehead atoms. The van der Waals surface area contributed by atoms with Gasteiger partial charge in [-0.1, -0.05) is 12.1 Å². The van der Waals surface area contributed by atoms with E-state index < -0.39 is 27.4 Å². The van der Waals surface area contributed by atoms with Gasteiger partial charge < -0.3 is 5.11 Å². The van der Waals surface area contributed by atoms with Crippen molar-refractivity contribution in [1.82, 2.24) is 9.21 Å². The van der Waals surface area contributed by atoms with Crippen LogP contribution in [0.25, 0.3) is 0 Å². The Bertz CT molecular complexity index is 903. The van der Waals surface area contributed by atoms with Gasteiger partial charge in [-0.25, -0.2) is 8.42 Å². The first-order valence-corrected chi connectivity index (χ1v) is 10.8. The highest BCUT2D eigenvalue weighted by atomic mass is 32.2. The van der Waals surface area contributed by atoms with E-state index in [1.165, 1.54) is 4.31 Å². The summed E-state index contributed by atoms with van der Waals surface area (Å²) >= 11 is 0. The predicted molar refractivity (Wildman–Crippen MR) is 99.1 cm³/mol. The van der Waals surface area contributed by atoms with Crippen LogP contribution in [-0.2, 0) is 15.6 Å². The topological polar surface area (TPSA) is 84.6 Å². The Morgan fingerprint density at radius 3 is 2.28 bits per heavy atom. The van der Waals surface area contributed by atoms with Gasteiger partial charge in [0.15, 0.2) is 5.60 Å². The fourth-order valence-corrected chi connectivity index (χ4v) is 5.27. The lowest BCUT2D eigenvalue weighted by Crippen LogP contribution is -2.54. The van der Waals surface area contributed by atoms with Crippen molar-refractivity contribution in [2.24, 2.45) is 5.41 Å². The maximum Gasteiger partial charge on any atom is 0.421 e. The summed E-state index contributed by atoms with van der Waals surface area (Å²) in [4.78, 5) is 1.98. The molecular formula is C19H24F3N3O3S. The van der Waals surface area contributed by atoms with Crippen LogP contribution in [0, 0.1) is 16.7 Å². The summed E-state index contributed by atoms with van der Waals surface area (Å²) in [6.45, 7) is 4.26. The first-order chi connectivity index (χ1) is 13.3. The highest BCUT2D eigenvalue weighted by molar-refractivity contribution is 7.89. The highest BCUT2D eigenvalue weighted by Crippen LogP contribution is 2.45. The van der Waals surface area contributed by atoms with Gasteiger partial charge in [0.1, 0.15) is 0 Å². The van der Waals surface area contributed by atoms with Gasteiger partial charge in [0.05, 0.1) is 16.4 Å². The smallest absolute Gasteiger partial charge is 0.376 e. The molecule has 0 radical (unpaired) electrons. The fourth-order valence-electron chi connectivity index (χ4n) is 3.65. The van der Waals surface area contributed by atoms with Gasteiger partial charge in [-0.3, -0.25) is 4.90 Å². The van der Waals surface area contributed by atoms with Crippen LogP contribution in [0.15, 0.2) is 29.2 Å². The second-order valence-corrected chi connectivity index (χ2v) is 10.1. The monoisotopic (exact) mass is 431 g/mol. The molecule has 0 unspecified atom stereocenters. The zero-order chi connectivity index (χ0) is 21.7. The van der Waals surface area contributed by atoms with Crippen LogP contribution < -0.4 is 0 Å². The SMILES string of the molecule is C[C@@H]1CN(CC2(C#N)CC2)CCN1S(=O)(=O)c1ccc([C@](C)(O)C(F)(F)F)cc1. The van der Waals surface area contributed by atoms with Crippen molar-refractivity contribution >= 4 is 10.0 Å². The molecule has 160 valence electrons. The Balaban J connectivity index is 1.73. The van der Waals surface area contributed by atoms with Crippen LogP contribution in [0.3, 0.4) is 0 Å². The molecule has 0 aromatic heterocycles. The van der Waals surface area contributed by atoms with Crippen molar-refractivity contribution in [2.45, 2.75) is 49.4 Å². The minimum Gasteiger partial charge on any atom is -0.376 e. The molecule has 1 aromatic carbocycles. The normalized spacial score (nSPS) is 25.2. The molecule has 1 heterocycles. The lowest BCUT2D eigenvalue weighted by atomic mass is 9.96. The molecular weight excluding hydrogens is 407 g/mol. The number of nitrogens with zero attached hydrogens (tertiary/aromatic N) is 3. The van der Waals surface area contributed by atoms with Gasteiger partial charge in [0.25, 0.3) is 0 Å².